The molecule has 0 bridgehead atoms. The van der Waals surface area contributed by atoms with Crippen molar-refractivity contribution < 1.29 is 17.8 Å². The van der Waals surface area contributed by atoms with Crippen molar-refractivity contribution in [3.63, 3.8) is 0 Å². The average molecular weight is 305 g/mol. The van der Waals surface area contributed by atoms with E-state index in [-0.39, 0.29) is 0 Å². The molecule has 1 saturated heterocycles. The molecule has 0 unspecified atom stereocenters. The van der Waals surface area contributed by atoms with Gasteiger partial charge in [-0.2, -0.15) is 0 Å². The van der Waals surface area contributed by atoms with Crippen LogP contribution in [0.25, 0.3) is 0 Å². The van der Waals surface area contributed by atoms with Gasteiger partial charge in [0.2, 0.25) is 0 Å². The van der Waals surface area contributed by atoms with Crippen LogP contribution in [0.1, 0.15) is 45.4 Å². The fourth-order valence-corrected chi connectivity index (χ4v) is 5.13. The van der Waals surface area contributed by atoms with Gasteiger partial charge in [-0.25, -0.2) is 0 Å². The highest BCUT2D eigenvalue weighted by Crippen LogP contribution is 2.23. The van der Waals surface area contributed by atoms with Gasteiger partial charge in [0, 0.05) is 33.8 Å². The number of quaternary nitrogens is 1. The molecule has 0 radical (unpaired) electrons. The van der Waals surface area contributed by atoms with Gasteiger partial charge in [-0.1, -0.05) is 13.3 Å². The fraction of sp³-hybridized carbons (Fsp3) is 1.00. The van der Waals surface area contributed by atoms with Crippen molar-refractivity contribution in [3.05, 3.63) is 0 Å². The van der Waals surface area contributed by atoms with Crippen molar-refractivity contribution in [1.29, 1.82) is 0 Å². The molecule has 0 aliphatic carbocycles. The molecule has 0 N–H and O–H groups in total. The maximum Gasteiger partial charge on any atom is 0.500 e. The Morgan fingerprint density at radius 3 is 1.90 bits per heavy atom. The van der Waals surface area contributed by atoms with Crippen LogP contribution in [0, 0.1) is 0 Å². The van der Waals surface area contributed by atoms with Crippen LogP contribution in [0.2, 0.25) is 6.04 Å². The van der Waals surface area contributed by atoms with Gasteiger partial charge in [0.25, 0.3) is 0 Å². The number of nitrogens with zero attached hydrogens (tertiary/aromatic N) is 1. The van der Waals surface area contributed by atoms with E-state index in [2.05, 4.69) is 6.92 Å². The number of likely N-dealkylation sites (tertiary alicyclic amines) is 1. The van der Waals surface area contributed by atoms with E-state index >= 15 is 0 Å². The van der Waals surface area contributed by atoms with E-state index in [9.17, 15) is 0 Å². The molecule has 1 aliphatic heterocycles. The molecule has 0 spiro atoms. The molecule has 0 aromatic carbocycles. The monoisotopic (exact) mass is 304 g/mol. The van der Waals surface area contributed by atoms with E-state index in [1.165, 1.54) is 62.8 Å². The van der Waals surface area contributed by atoms with Crippen molar-refractivity contribution in [2.75, 3.05) is 47.5 Å². The first kappa shape index (κ1) is 18.1. The summed E-state index contributed by atoms with van der Waals surface area (Å²) < 4.78 is 17.9. The van der Waals surface area contributed by atoms with Crippen molar-refractivity contribution in [2.45, 2.75) is 51.5 Å². The third-order valence-corrected chi connectivity index (χ3v) is 7.63. The van der Waals surface area contributed by atoms with E-state index in [0.717, 1.165) is 12.5 Å². The molecule has 0 amide bonds. The number of piperidine rings is 1. The quantitative estimate of drug-likeness (QED) is 0.458. The number of unbranched alkanes of at least 4 members (excludes halogenated alkanes) is 1. The van der Waals surface area contributed by atoms with Gasteiger partial charge in [-0.3, -0.25) is 0 Å². The highest BCUT2D eigenvalue weighted by atomic mass is 28.4. The number of rotatable bonds is 10. The van der Waals surface area contributed by atoms with E-state index in [1.54, 1.807) is 21.3 Å². The van der Waals surface area contributed by atoms with Crippen LogP contribution in [-0.4, -0.2) is 60.8 Å². The Labute approximate surface area is 126 Å². The Morgan fingerprint density at radius 1 is 0.850 bits per heavy atom. The zero-order valence-electron chi connectivity index (χ0n) is 14.0. The van der Waals surface area contributed by atoms with E-state index in [1.807, 2.05) is 0 Å². The summed E-state index contributed by atoms with van der Waals surface area (Å²) in [6.45, 7) is 7.62. The second-order valence-electron chi connectivity index (χ2n) is 6.05. The van der Waals surface area contributed by atoms with Crippen LogP contribution in [0.3, 0.4) is 0 Å². The Hall–Kier alpha value is 0.0569. The summed E-state index contributed by atoms with van der Waals surface area (Å²) in [5, 5.41) is 0. The Morgan fingerprint density at radius 2 is 1.40 bits per heavy atom. The van der Waals surface area contributed by atoms with E-state index in [0.29, 0.717) is 0 Å². The third-order valence-electron chi connectivity index (χ3n) is 4.80. The molecule has 1 aliphatic rings. The Balaban J connectivity index is 2.49. The van der Waals surface area contributed by atoms with Crippen LogP contribution >= 0.6 is 0 Å². The summed E-state index contributed by atoms with van der Waals surface area (Å²) in [6.07, 6.45) is 8.00. The fourth-order valence-electron chi connectivity index (χ4n) is 3.42. The minimum absolute atomic E-state index is 0.933. The van der Waals surface area contributed by atoms with Crippen LogP contribution < -0.4 is 0 Å². The maximum atomic E-state index is 5.53. The molecule has 20 heavy (non-hydrogen) atoms. The standard InChI is InChI=1S/C15H34NO3Si/c1-5-6-11-16(12-8-7-9-13-16)14-10-15-20(17-2,18-3)19-4/h5-15H2,1-4H3/q+1. The highest BCUT2D eigenvalue weighted by Gasteiger charge is 2.38. The zero-order chi connectivity index (χ0) is 14.9. The first-order valence-electron chi connectivity index (χ1n) is 8.16. The molecule has 1 fully saturated rings. The molecule has 1 rings (SSSR count). The summed E-state index contributed by atoms with van der Waals surface area (Å²) in [5.41, 5.74) is 0. The minimum atomic E-state index is -2.38. The predicted octanol–water partition coefficient (Wildman–Crippen LogP) is 3.06. The lowest BCUT2D eigenvalue weighted by Crippen LogP contribution is -2.53. The van der Waals surface area contributed by atoms with Gasteiger partial charge >= 0.3 is 8.80 Å². The third kappa shape index (κ3) is 5.11. The summed E-state index contributed by atoms with van der Waals surface area (Å²) in [4.78, 5) is 0. The first-order valence-corrected chi connectivity index (χ1v) is 10.1. The molecule has 0 saturated carbocycles. The van der Waals surface area contributed by atoms with Gasteiger partial charge < -0.3 is 17.8 Å². The van der Waals surface area contributed by atoms with Crippen LogP contribution in [0.5, 0.6) is 0 Å². The van der Waals surface area contributed by atoms with Crippen molar-refractivity contribution >= 4 is 8.80 Å². The first-order chi connectivity index (χ1) is 9.66. The second-order valence-corrected chi connectivity index (χ2v) is 9.14. The summed E-state index contributed by atoms with van der Waals surface area (Å²) in [6, 6.07) is 0.933. The van der Waals surface area contributed by atoms with E-state index in [4.69, 9.17) is 13.3 Å². The lowest BCUT2D eigenvalue weighted by atomic mass is 10.1. The number of hydrogen-bond donors (Lipinski definition) is 0. The SMILES string of the molecule is CCCC[N+]1(CCC[Si](OC)(OC)OC)CCCCC1. The molecular weight excluding hydrogens is 270 g/mol. The highest BCUT2D eigenvalue weighted by molar-refractivity contribution is 6.60. The largest absolute Gasteiger partial charge is 0.500 e. The van der Waals surface area contributed by atoms with Crippen LogP contribution in [-0.2, 0) is 13.3 Å². The molecule has 0 aromatic rings. The van der Waals surface area contributed by atoms with Crippen molar-refractivity contribution in [2.24, 2.45) is 0 Å². The summed E-state index contributed by atoms with van der Waals surface area (Å²) in [7, 11) is 2.75. The number of hydrogen-bond acceptors (Lipinski definition) is 3. The van der Waals surface area contributed by atoms with Gasteiger partial charge in [0.15, 0.2) is 0 Å². The lowest BCUT2D eigenvalue weighted by Gasteiger charge is -2.42. The van der Waals surface area contributed by atoms with Crippen molar-refractivity contribution in [1.82, 2.24) is 0 Å². The predicted molar refractivity (Wildman–Crippen MR) is 84.7 cm³/mol. The normalized spacial score (nSPS) is 19.2. The molecule has 5 heteroatoms. The Bertz CT molecular complexity index is 245. The average Bonchev–Trinajstić information content (AvgIpc) is 2.51. The summed E-state index contributed by atoms with van der Waals surface area (Å²) >= 11 is 0. The van der Waals surface area contributed by atoms with Gasteiger partial charge in [-0.05, 0) is 25.7 Å². The maximum absolute atomic E-state index is 5.53. The van der Waals surface area contributed by atoms with Gasteiger partial charge in [-0.15, -0.1) is 0 Å². The lowest BCUT2D eigenvalue weighted by molar-refractivity contribution is -0.932. The molecule has 0 atom stereocenters. The van der Waals surface area contributed by atoms with Gasteiger partial charge in [0.1, 0.15) is 0 Å². The molecule has 120 valence electrons. The second kappa shape index (κ2) is 9.15. The minimum Gasteiger partial charge on any atom is -0.377 e. The van der Waals surface area contributed by atoms with Crippen LogP contribution in [0.15, 0.2) is 0 Å². The summed E-state index contributed by atoms with van der Waals surface area (Å²) in [5.74, 6) is 0. The topological polar surface area (TPSA) is 27.7 Å². The van der Waals surface area contributed by atoms with Crippen molar-refractivity contribution in [3.8, 4) is 0 Å². The zero-order valence-corrected chi connectivity index (χ0v) is 15.0. The molecular formula is C15H34NO3Si+. The molecule has 4 nitrogen and oxygen atoms in total. The smallest absolute Gasteiger partial charge is 0.377 e. The Kier molecular flexibility index (Phi) is 8.29. The van der Waals surface area contributed by atoms with Crippen LogP contribution in [0.4, 0.5) is 0 Å². The molecule has 0 aromatic heterocycles. The van der Waals surface area contributed by atoms with E-state index < -0.39 is 8.80 Å². The molecule has 1 heterocycles. The van der Waals surface area contributed by atoms with Gasteiger partial charge in [0.05, 0.1) is 26.2 Å².